The number of carbonyl (C=O) groups excluding carboxylic acids is 1. The number of hydrogen-bond donors (Lipinski definition) is 1. The Morgan fingerprint density at radius 3 is 2.48 bits per heavy atom. The highest BCUT2D eigenvalue weighted by molar-refractivity contribution is 6.31. The number of urea groups is 1. The summed E-state index contributed by atoms with van der Waals surface area (Å²) < 4.78 is 38.7. The fourth-order valence-corrected chi connectivity index (χ4v) is 4.85. The fourth-order valence-electron chi connectivity index (χ4n) is 4.59. The minimum Gasteiger partial charge on any atom is -0.318 e. The van der Waals surface area contributed by atoms with Gasteiger partial charge in [-0.2, -0.15) is 18.4 Å². The molecule has 2 saturated heterocycles. The first-order valence-electron chi connectivity index (χ1n) is 9.13. The Balaban J connectivity index is 1.43. The van der Waals surface area contributed by atoms with Crippen LogP contribution in [0.1, 0.15) is 43.6 Å². The van der Waals surface area contributed by atoms with Crippen LogP contribution in [0.25, 0.3) is 0 Å². The lowest BCUT2D eigenvalue weighted by Crippen LogP contribution is -2.65. The predicted molar refractivity (Wildman–Crippen MR) is 94.4 cm³/mol. The third kappa shape index (κ3) is 3.25. The maximum absolute atomic E-state index is 12.9. The molecule has 144 valence electrons. The van der Waals surface area contributed by atoms with Gasteiger partial charge in [-0.15, -0.1) is 0 Å². The van der Waals surface area contributed by atoms with Crippen molar-refractivity contribution in [3.63, 3.8) is 0 Å². The first-order chi connectivity index (χ1) is 12.8. The molecule has 1 saturated carbocycles. The molecule has 0 spiro atoms. The second-order valence-electron chi connectivity index (χ2n) is 7.75. The van der Waals surface area contributed by atoms with Crippen molar-refractivity contribution >= 4 is 23.3 Å². The molecule has 0 aromatic heterocycles. The van der Waals surface area contributed by atoms with Gasteiger partial charge in [0.1, 0.15) is 0 Å². The minimum absolute atomic E-state index is 0.0226. The molecule has 2 aliphatic heterocycles. The molecule has 0 radical (unpaired) electrons. The fraction of sp³-hybridized carbons (Fsp3) is 0.579. The molecule has 8 heteroatoms. The van der Waals surface area contributed by atoms with Gasteiger partial charge in [-0.25, -0.2) is 4.79 Å². The van der Waals surface area contributed by atoms with Crippen LogP contribution in [0.2, 0.25) is 5.02 Å². The molecule has 1 N–H and O–H groups in total. The van der Waals surface area contributed by atoms with E-state index >= 15 is 0 Å². The van der Waals surface area contributed by atoms with Gasteiger partial charge in [-0.05, 0) is 55.9 Å². The number of rotatable bonds is 2. The van der Waals surface area contributed by atoms with Gasteiger partial charge >= 0.3 is 12.2 Å². The smallest absolute Gasteiger partial charge is 0.318 e. The van der Waals surface area contributed by atoms with E-state index in [0.717, 1.165) is 18.4 Å². The van der Waals surface area contributed by atoms with E-state index in [-0.39, 0.29) is 42.8 Å². The summed E-state index contributed by atoms with van der Waals surface area (Å²) in [7, 11) is 0. The highest BCUT2D eigenvalue weighted by Gasteiger charge is 2.54. The lowest BCUT2D eigenvalue weighted by molar-refractivity contribution is -0.205. The number of fused-ring (bicyclic) bond motifs is 2. The Kier molecular flexibility index (Phi) is 4.50. The van der Waals surface area contributed by atoms with Crippen LogP contribution in [0.15, 0.2) is 18.2 Å². The Hall–Kier alpha value is -1.94. The van der Waals surface area contributed by atoms with Crippen molar-refractivity contribution in [1.82, 2.24) is 4.90 Å². The van der Waals surface area contributed by atoms with E-state index in [2.05, 4.69) is 11.4 Å². The molecular weight excluding hydrogens is 379 g/mol. The largest absolute Gasteiger partial charge is 0.391 e. The summed E-state index contributed by atoms with van der Waals surface area (Å²) in [6.07, 6.45) is -1.88. The number of piperidine rings is 1. The van der Waals surface area contributed by atoms with Crippen LogP contribution in [0, 0.1) is 23.2 Å². The molecule has 2 amide bonds. The summed E-state index contributed by atoms with van der Waals surface area (Å²) in [5.41, 5.74) is 1.40. The van der Waals surface area contributed by atoms with Crippen LogP contribution in [0.5, 0.6) is 0 Å². The molecule has 3 aliphatic rings. The number of nitrogens with one attached hydrogen (secondary N) is 1. The summed E-state index contributed by atoms with van der Waals surface area (Å²) in [6, 6.07) is 6.35. The van der Waals surface area contributed by atoms with Crippen molar-refractivity contribution in [1.29, 1.82) is 5.26 Å². The minimum atomic E-state index is -4.19. The average molecular weight is 398 g/mol. The van der Waals surface area contributed by atoms with Crippen LogP contribution in [0.4, 0.5) is 23.7 Å². The quantitative estimate of drug-likeness (QED) is 0.735. The molecular formula is C19H19ClF3N3O. The van der Waals surface area contributed by atoms with E-state index in [9.17, 15) is 18.0 Å². The van der Waals surface area contributed by atoms with Crippen molar-refractivity contribution < 1.29 is 18.0 Å². The number of anilines is 1. The van der Waals surface area contributed by atoms with Gasteiger partial charge in [0.15, 0.2) is 0 Å². The zero-order chi connectivity index (χ0) is 19.3. The summed E-state index contributed by atoms with van der Waals surface area (Å²) in [5, 5.41) is 12.5. The zero-order valence-electron chi connectivity index (χ0n) is 14.5. The van der Waals surface area contributed by atoms with E-state index in [1.54, 1.807) is 18.2 Å². The number of alkyl halides is 3. The Labute approximate surface area is 160 Å². The topological polar surface area (TPSA) is 56.1 Å². The molecule has 1 aromatic carbocycles. The molecule has 5 atom stereocenters. The number of halogens is 4. The lowest BCUT2D eigenvalue weighted by Gasteiger charge is -2.55. The first-order valence-corrected chi connectivity index (χ1v) is 9.51. The van der Waals surface area contributed by atoms with Gasteiger partial charge in [-0.1, -0.05) is 11.6 Å². The van der Waals surface area contributed by atoms with Crippen molar-refractivity contribution in [3.05, 3.63) is 28.8 Å². The Bertz CT molecular complexity index is 794. The number of amides is 2. The summed E-state index contributed by atoms with van der Waals surface area (Å²) in [5.74, 6) is -1.31. The van der Waals surface area contributed by atoms with E-state index < -0.39 is 12.1 Å². The number of nitriles is 1. The van der Waals surface area contributed by atoms with Crippen LogP contribution < -0.4 is 5.32 Å². The van der Waals surface area contributed by atoms with Gasteiger partial charge in [0, 0.05) is 28.7 Å². The maximum Gasteiger partial charge on any atom is 0.391 e. The highest BCUT2D eigenvalue weighted by atomic mass is 35.5. The van der Waals surface area contributed by atoms with E-state index in [1.807, 2.05) is 0 Å². The van der Waals surface area contributed by atoms with E-state index in [0.29, 0.717) is 17.1 Å². The van der Waals surface area contributed by atoms with Gasteiger partial charge in [0.05, 0.1) is 17.9 Å². The standard InChI is InChI=1S/C19H19ClF3N3O/c20-17-4-2-12(7-16(17)15-3-1-10(15)9-24)25-18(27)26-13-5-11(19(21,22)23)6-14(26)8-13/h2,4,7,10-11,13-15H,1,3,5-6,8H2,(H,25,27)/t10-,11?,13-,14?,15?/m1/s1. The summed E-state index contributed by atoms with van der Waals surface area (Å²) >= 11 is 6.26. The molecule has 3 fully saturated rings. The third-order valence-electron chi connectivity index (χ3n) is 6.23. The van der Waals surface area contributed by atoms with Crippen molar-refractivity contribution in [2.24, 2.45) is 11.8 Å². The van der Waals surface area contributed by atoms with Crippen LogP contribution in [0.3, 0.4) is 0 Å². The van der Waals surface area contributed by atoms with Gasteiger partial charge in [0.25, 0.3) is 0 Å². The maximum atomic E-state index is 12.9. The molecule has 1 aliphatic carbocycles. The molecule has 4 nitrogen and oxygen atoms in total. The number of hydrogen-bond acceptors (Lipinski definition) is 2. The molecule has 3 unspecified atom stereocenters. The molecule has 4 rings (SSSR count). The SMILES string of the molecule is N#C[C@H]1CCC1c1cc(NC(=O)N2C3CC(C(F)(F)F)C[C@@H]2C3)ccc1Cl. The van der Waals surface area contributed by atoms with Crippen LogP contribution >= 0.6 is 11.6 Å². The predicted octanol–water partition coefficient (Wildman–Crippen LogP) is 5.30. The van der Waals surface area contributed by atoms with E-state index in [1.165, 1.54) is 4.90 Å². The van der Waals surface area contributed by atoms with Crippen LogP contribution in [-0.4, -0.2) is 29.2 Å². The molecule has 2 bridgehead atoms. The zero-order valence-corrected chi connectivity index (χ0v) is 15.2. The summed E-state index contributed by atoms with van der Waals surface area (Å²) in [4.78, 5) is 14.1. The normalized spacial score (nSPS) is 32.1. The number of carbonyl (C=O) groups is 1. The highest BCUT2D eigenvalue weighted by Crippen LogP contribution is 2.48. The second kappa shape index (κ2) is 6.59. The lowest BCUT2D eigenvalue weighted by atomic mass is 9.71. The first kappa shape index (κ1) is 18.4. The molecule has 27 heavy (non-hydrogen) atoms. The van der Waals surface area contributed by atoms with Crippen molar-refractivity contribution in [3.8, 4) is 6.07 Å². The molecule has 1 aromatic rings. The van der Waals surface area contributed by atoms with Crippen molar-refractivity contribution in [2.45, 2.75) is 56.3 Å². The second-order valence-corrected chi connectivity index (χ2v) is 8.15. The van der Waals surface area contributed by atoms with Gasteiger partial charge in [-0.3, -0.25) is 0 Å². The van der Waals surface area contributed by atoms with Crippen molar-refractivity contribution in [2.75, 3.05) is 5.32 Å². The van der Waals surface area contributed by atoms with Gasteiger partial charge < -0.3 is 10.2 Å². The number of nitrogens with zero attached hydrogens (tertiary/aromatic N) is 2. The number of benzene rings is 1. The van der Waals surface area contributed by atoms with Crippen LogP contribution in [-0.2, 0) is 0 Å². The average Bonchev–Trinajstić information content (AvgIpc) is 2.56. The van der Waals surface area contributed by atoms with E-state index in [4.69, 9.17) is 16.9 Å². The Morgan fingerprint density at radius 2 is 1.93 bits per heavy atom. The Morgan fingerprint density at radius 1 is 1.22 bits per heavy atom. The van der Waals surface area contributed by atoms with Gasteiger partial charge in [0.2, 0.25) is 0 Å². The molecule has 2 heterocycles. The third-order valence-corrected chi connectivity index (χ3v) is 6.57. The monoisotopic (exact) mass is 397 g/mol. The summed E-state index contributed by atoms with van der Waals surface area (Å²) in [6.45, 7) is 0.